The van der Waals surface area contributed by atoms with Gasteiger partial charge in [-0.05, 0) is 43.4 Å². The molecule has 3 unspecified atom stereocenters. The van der Waals surface area contributed by atoms with Crippen molar-refractivity contribution < 1.29 is 4.79 Å². The Kier molecular flexibility index (Phi) is 4.54. The Morgan fingerprint density at radius 2 is 1.95 bits per heavy atom. The van der Waals surface area contributed by atoms with Gasteiger partial charge >= 0.3 is 0 Å². The predicted molar refractivity (Wildman–Crippen MR) is 78.7 cm³/mol. The smallest absolute Gasteiger partial charge is 0.226 e. The molecule has 3 nitrogen and oxygen atoms in total. The van der Waals surface area contributed by atoms with E-state index in [-0.39, 0.29) is 12.0 Å². The third-order valence-electron chi connectivity index (χ3n) is 5.69. The molecule has 1 heterocycles. The van der Waals surface area contributed by atoms with Gasteiger partial charge in [-0.25, -0.2) is 0 Å². The number of piperidine rings is 1. The number of rotatable bonds is 2. The second-order valence-corrected chi connectivity index (χ2v) is 7.15. The molecule has 110 valence electrons. The highest BCUT2D eigenvalue weighted by Gasteiger charge is 2.37. The van der Waals surface area contributed by atoms with E-state index in [9.17, 15) is 4.79 Å². The van der Waals surface area contributed by atoms with Crippen LogP contribution in [-0.2, 0) is 4.79 Å². The first-order chi connectivity index (χ1) is 8.95. The number of carbonyl (C=O) groups excluding carboxylic acids is 1. The maximum Gasteiger partial charge on any atom is 0.226 e. The second kappa shape index (κ2) is 5.82. The molecule has 1 aliphatic heterocycles. The van der Waals surface area contributed by atoms with Gasteiger partial charge in [-0.15, -0.1) is 0 Å². The molecule has 1 aliphatic carbocycles. The van der Waals surface area contributed by atoms with Gasteiger partial charge in [0.05, 0.1) is 0 Å². The highest BCUT2D eigenvalue weighted by Crippen LogP contribution is 2.36. The summed E-state index contributed by atoms with van der Waals surface area (Å²) in [7, 11) is 0. The van der Waals surface area contributed by atoms with Crippen molar-refractivity contribution in [2.75, 3.05) is 13.1 Å². The monoisotopic (exact) mass is 266 g/mol. The van der Waals surface area contributed by atoms with Crippen LogP contribution in [0.2, 0.25) is 0 Å². The molecule has 2 rings (SSSR count). The summed E-state index contributed by atoms with van der Waals surface area (Å²) >= 11 is 0. The maximum absolute atomic E-state index is 12.7. The quantitative estimate of drug-likeness (QED) is 0.835. The summed E-state index contributed by atoms with van der Waals surface area (Å²) < 4.78 is 0. The lowest BCUT2D eigenvalue weighted by molar-refractivity contribution is -0.140. The Hall–Kier alpha value is -0.570. The van der Waals surface area contributed by atoms with Crippen LogP contribution in [-0.4, -0.2) is 29.9 Å². The van der Waals surface area contributed by atoms with Crippen LogP contribution in [0.5, 0.6) is 0 Å². The molecule has 1 amide bonds. The molecule has 0 spiro atoms. The molecule has 0 radical (unpaired) electrons. The zero-order valence-electron chi connectivity index (χ0n) is 12.8. The molecule has 2 N–H and O–H groups in total. The minimum absolute atomic E-state index is 0.176. The van der Waals surface area contributed by atoms with Crippen molar-refractivity contribution in [3.05, 3.63) is 0 Å². The van der Waals surface area contributed by atoms with E-state index in [1.807, 2.05) is 0 Å². The number of carbonyl (C=O) groups is 1. The SMILES string of the molecule is CCC1(C)CCN(C(=O)C2CC(N)CCC2C)CC1. The minimum atomic E-state index is 0.176. The summed E-state index contributed by atoms with van der Waals surface area (Å²) in [4.78, 5) is 14.8. The average Bonchev–Trinajstić information content (AvgIpc) is 2.42. The number of likely N-dealkylation sites (tertiary alicyclic amines) is 1. The Morgan fingerprint density at radius 1 is 1.32 bits per heavy atom. The van der Waals surface area contributed by atoms with E-state index in [1.54, 1.807) is 0 Å². The van der Waals surface area contributed by atoms with Crippen molar-refractivity contribution >= 4 is 5.91 Å². The molecular weight excluding hydrogens is 236 g/mol. The molecule has 1 saturated carbocycles. The largest absolute Gasteiger partial charge is 0.342 e. The predicted octanol–water partition coefficient (Wildman–Crippen LogP) is 2.79. The zero-order valence-corrected chi connectivity index (χ0v) is 12.8. The van der Waals surface area contributed by atoms with Gasteiger partial charge in [0.25, 0.3) is 0 Å². The van der Waals surface area contributed by atoms with E-state index in [4.69, 9.17) is 5.73 Å². The summed E-state index contributed by atoms with van der Waals surface area (Å²) in [5, 5.41) is 0. The number of nitrogens with zero attached hydrogens (tertiary/aromatic N) is 1. The van der Waals surface area contributed by atoms with Gasteiger partial charge in [-0.3, -0.25) is 4.79 Å². The number of hydrogen-bond donors (Lipinski definition) is 1. The summed E-state index contributed by atoms with van der Waals surface area (Å²) in [5.41, 5.74) is 6.50. The Morgan fingerprint density at radius 3 is 2.53 bits per heavy atom. The molecule has 0 aromatic heterocycles. The molecule has 2 fully saturated rings. The number of amides is 1. The van der Waals surface area contributed by atoms with Crippen molar-refractivity contribution in [3.63, 3.8) is 0 Å². The Bertz CT molecular complexity index is 321. The summed E-state index contributed by atoms with van der Waals surface area (Å²) in [6.45, 7) is 8.73. The van der Waals surface area contributed by atoms with E-state index in [1.165, 1.54) is 6.42 Å². The molecular formula is C16H30N2O. The fourth-order valence-corrected chi connectivity index (χ4v) is 3.55. The van der Waals surface area contributed by atoms with Gasteiger partial charge in [0, 0.05) is 25.0 Å². The Labute approximate surface area is 117 Å². The van der Waals surface area contributed by atoms with Crippen molar-refractivity contribution in [3.8, 4) is 0 Å². The summed E-state index contributed by atoms with van der Waals surface area (Å²) in [6.07, 6.45) is 6.61. The molecule has 19 heavy (non-hydrogen) atoms. The first-order valence-corrected chi connectivity index (χ1v) is 7.99. The minimum Gasteiger partial charge on any atom is -0.342 e. The maximum atomic E-state index is 12.7. The highest BCUT2D eigenvalue weighted by atomic mass is 16.2. The van der Waals surface area contributed by atoms with Crippen LogP contribution >= 0.6 is 0 Å². The first-order valence-electron chi connectivity index (χ1n) is 7.99. The van der Waals surface area contributed by atoms with Crippen LogP contribution in [0.1, 0.15) is 59.3 Å². The van der Waals surface area contributed by atoms with Crippen molar-refractivity contribution in [1.82, 2.24) is 4.90 Å². The molecule has 0 bridgehead atoms. The zero-order chi connectivity index (χ0) is 14.0. The normalized spacial score (nSPS) is 35.2. The van der Waals surface area contributed by atoms with E-state index in [0.29, 0.717) is 17.2 Å². The molecule has 2 aliphatic rings. The first kappa shape index (κ1) is 14.8. The number of hydrogen-bond acceptors (Lipinski definition) is 2. The van der Waals surface area contributed by atoms with Crippen LogP contribution in [0.15, 0.2) is 0 Å². The van der Waals surface area contributed by atoms with Crippen LogP contribution in [0.25, 0.3) is 0 Å². The standard InChI is InChI=1S/C16H30N2O/c1-4-16(3)7-9-18(10-8-16)15(19)14-11-13(17)6-5-12(14)2/h12-14H,4-11,17H2,1-3H3. The lowest BCUT2D eigenvalue weighted by Gasteiger charge is -2.42. The summed E-state index contributed by atoms with van der Waals surface area (Å²) in [6, 6.07) is 0.232. The lowest BCUT2D eigenvalue weighted by atomic mass is 9.75. The van der Waals surface area contributed by atoms with Gasteiger partial charge in [0.2, 0.25) is 5.91 Å². The van der Waals surface area contributed by atoms with Gasteiger partial charge in [-0.2, -0.15) is 0 Å². The molecule has 0 aromatic rings. The third-order valence-corrected chi connectivity index (χ3v) is 5.69. The molecule has 1 saturated heterocycles. The van der Waals surface area contributed by atoms with Gasteiger partial charge < -0.3 is 10.6 Å². The van der Waals surface area contributed by atoms with E-state index in [0.717, 1.165) is 45.2 Å². The van der Waals surface area contributed by atoms with Crippen molar-refractivity contribution in [2.24, 2.45) is 23.0 Å². The summed E-state index contributed by atoms with van der Waals surface area (Å²) in [5.74, 6) is 1.06. The van der Waals surface area contributed by atoms with Gasteiger partial charge in [0.1, 0.15) is 0 Å². The van der Waals surface area contributed by atoms with E-state index >= 15 is 0 Å². The molecule has 0 aromatic carbocycles. The number of nitrogens with two attached hydrogens (primary N) is 1. The van der Waals surface area contributed by atoms with Gasteiger partial charge in [0.15, 0.2) is 0 Å². The second-order valence-electron chi connectivity index (χ2n) is 7.15. The average molecular weight is 266 g/mol. The highest BCUT2D eigenvalue weighted by molar-refractivity contribution is 5.79. The lowest BCUT2D eigenvalue weighted by Crippen LogP contribution is -2.48. The van der Waals surface area contributed by atoms with Crippen molar-refractivity contribution in [1.29, 1.82) is 0 Å². The molecule has 3 atom stereocenters. The van der Waals surface area contributed by atoms with E-state index in [2.05, 4.69) is 25.7 Å². The molecule has 3 heteroatoms. The van der Waals surface area contributed by atoms with Crippen LogP contribution in [0, 0.1) is 17.3 Å². The topological polar surface area (TPSA) is 46.3 Å². The Balaban J connectivity index is 1.93. The van der Waals surface area contributed by atoms with Gasteiger partial charge in [-0.1, -0.05) is 27.2 Å². The van der Waals surface area contributed by atoms with E-state index < -0.39 is 0 Å². The fourth-order valence-electron chi connectivity index (χ4n) is 3.55. The van der Waals surface area contributed by atoms with Crippen LogP contribution in [0.4, 0.5) is 0 Å². The van der Waals surface area contributed by atoms with Crippen LogP contribution < -0.4 is 5.73 Å². The van der Waals surface area contributed by atoms with Crippen LogP contribution in [0.3, 0.4) is 0 Å². The fraction of sp³-hybridized carbons (Fsp3) is 0.938. The van der Waals surface area contributed by atoms with Crippen molar-refractivity contribution in [2.45, 2.75) is 65.3 Å². The third kappa shape index (κ3) is 3.31.